The van der Waals surface area contributed by atoms with E-state index in [1.54, 1.807) is 32.0 Å². The minimum absolute atomic E-state index is 0.0282. The average Bonchev–Trinajstić information content (AvgIpc) is 2.78. The summed E-state index contributed by atoms with van der Waals surface area (Å²) in [6, 6.07) is 4.69. The lowest BCUT2D eigenvalue weighted by Gasteiger charge is -2.10. The molecule has 0 bridgehead atoms. The van der Waals surface area contributed by atoms with Crippen LogP contribution in [0.4, 0.5) is 5.69 Å². The first-order valence-corrected chi connectivity index (χ1v) is 7.80. The van der Waals surface area contributed by atoms with Crippen molar-refractivity contribution in [1.82, 2.24) is 4.98 Å². The van der Waals surface area contributed by atoms with E-state index in [1.165, 1.54) is 0 Å². The van der Waals surface area contributed by atoms with Crippen molar-refractivity contribution in [3.05, 3.63) is 43.8 Å². The summed E-state index contributed by atoms with van der Waals surface area (Å²) in [6.07, 6.45) is 0. The molecule has 0 aliphatic rings. The molecule has 22 heavy (non-hydrogen) atoms. The quantitative estimate of drug-likeness (QED) is 0.911. The maximum Gasteiger partial charge on any atom is 0.234 e. The predicted octanol–water partition coefficient (Wildman–Crippen LogP) is 2.86. The number of nitrogens with zero attached hydrogens (tertiary/aromatic N) is 1. The number of carbonyl (C=O) groups is 2. The molecule has 1 heterocycles. The third-order valence-electron chi connectivity index (χ3n) is 2.89. The van der Waals surface area contributed by atoms with E-state index >= 15 is 0 Å². The number of benzene rings is 1. The Hall–Kier alpha value is -1.63. The number of hydrogen-bond acceptors (Lipinski definition) is 5. The lowest BCUT2D eigenvalue weighted by Crippen LogP contribution is -2.21. The lowest BCUT2D eigenvalue weighted by atomic mass is 10.1. The molecular formula is C14H11Cl2N2O3S-. The molecular weight excluding hydrogens is 347 g/mol. The number of anilines is 1. The molecule has 0 fully saturated rings. The normalized spacial score (nSPS) is 12.0. The zero-order chi connectivity index (χ0) is 16.4. The summed E-state index contributed by atoms with van der Waals surface area (Å²) in [7, 11) is 0. The molecule has 116 valence electrons. The molecule has 1 aromatic heterocycles. The number of aromatic nitrogens is 1. The van der Waals surface area contributed by atoms with Crippen molar-refractivity contribution in [3.8, 4) is 0 Å². The van der Waals surface area contributed by atoms with Crippen LogP contribution in [0.1, 0.15) is 33.2 Å². The average molecular weight is 358 g/mol. The second-order valence-electron chi connectivity index (χ2n) is 4.62. The summed E-state index contributed by atoms with van der Waals surface area (Å²) in [5, 5.41) is 14.8. The number of carboxylic acids is 1. The largest absolute Gasteiger partial charge is 0.544 e. The van der Waals surface area contributed by atoms with E-state index < -0.39 is 11.9 Å². The van der Waals surface area contributed by atoms with E-state index in [4.69, 9.17) is 23.2 Å². The minimum atomic E-state index is -1.30. The monoisotopic (exact) mass is 357 g/mol. The fourth-order valence-electron chi connectivity index (χ4n) is 1.78. The molecule has 0 aliphatic carbocycles. The minimum Gasteiger partial charge on any atom is -0.544 e. The van der Waals surface area contributed by atoms with Crippen molar-refractivity contribution < 1.29 is 14.7 Å². The summed E-state index contributed by atoms with van der Waals surface area (Å²) in [6.45, 7) is 3.20. The standard InChI is InChI=1S/C14H12Cl2N2O3S/c1-6(13-17-7(2)11(22-13)14(20)21)12(19)18-10-4-8(15)3-9(16)5-10/h3-6H,1-2H3,(H,18,19)(H,20,21)/p-1/t6-/m0/s1. The Morgan fingerprint density at radius 2 is 1.86 bits per heavy atom. The van der Waals surface area contributed by atoms with Crippen molar-refractivity contribution in [1.29, 1.82) is 0 Å². The molecule has 0 radical (unpaired) electrons. The van der Waals surface area contributed by atoms with Crippen molar-refractivity contribution >= 4 is 52.1 Å². The van der Waals surface area contributed by atoms with Gasteiger partial charge in [-0.3, -0.25) is 4.79 Å². The first kappa shape index (κ1) is 16.7. The smallest absolute Gasteiger partial charge is 0.234 e. The molecule has 0 saturated carbocycles. The second-order valence-corrected chi connectivity index (χ2v) is 6.53. The molecule has 1 N–H and O–H groups in total. The van der Waals surface area contributed by atoms with Gasteiger partial charge in [0, 0.05) is 15.7 Å². The van der Waals surface area contributed by atoms with E-state index in [0.717, 1.165) is 11.3 Å². The number of hydrogen-bond donors (Lipinski definition) is 1. The van der Waals surface area contributed by atoms with Crippen LogP contribution in [0.15, 0.2) is 18.2 Å². The third kappa shape index (κ3) is 3.76. The molecule has 5 nitrogen and oxygen atoms in total. The summed E-state index contributed by atoms with van der Waals surface area (Å²) in [5.41, 5.74) is 0.799. The van der Waals surface area contributed by atoms with Gasteiger partial charge in [0.05, 0.1) is 22.5 Å². The Kier molecular flexibility index (Phi) is 5.05. The molecule has 0 saturated heterocycles. The number of aromatic carboxylic acids is 1. The molecule has 0 spiro atoms. The van der Waals surface area contributed by atoms with Gasteiger partial charge in [-0.25, -0.2) is 4.98 Å². The van der Waals surface area contributed by atoms with Gasteiger partial charge >= 0.3 is 0 Å². The highest BCUT2D eigenvalue weighted by molar-refractivity contribution is 7.13. The predicted molar refractivity (Wildman–Crippen MR) is 84.7 cm³/mol. The maximum atomic E-state index is 12.2. The molecule has 0 aliphatic heterocycles. The van der Waals surface area contributed by atoms with E-state index in [0.29, 0.717) is 26.4 Å². The Balaban J connectivity index is 2.18. The van der Waals surface area contributed by atoms with Crippen molar-refractivity contribution in [2.45, 2.75) is 19.8 Å². The summed E-state index contributed by atoms with van der Waals surface area (Å²) < 4.78 is 0. The SMILES string of the molecule is Cc1nc([C@@H](C)C(=O)Nc2cc(Cl)cc(Cl)c2)sc1C(=O)[O-]. The van der Waals surface area contributed by atoms with Crippen LogP contribution >= 0.6 is 34.5 Å². The number of nitrogens with one attached hydrogen (secondary N) is 1. The van der Waals surface area contributed by atoms with Crippen LogP contribution in [0.3, 0.4) is 0 Å². The van der Waals surface area contributed by atoms with Gasteiger partial charge in [0.25, 0.3) is 0 Å². The number of halogens is 2. The van der Waals surface area contributed by atoms with Crippen LogP contribution in [0, 0.1) is 6.92 Å². The number of rotatable bonds is 4. The van der Waals surface area contributed by atoms with Gasteiger partial charge in [0.15, 0.2) is 0 Å². The van der Waals surface area contributed by atoms with Crippen LogP contribution in [0.5, 0.6) is 0 Å². The van der Waals surface area contributed by atoms with Crippen LogP contribution in [0.25, 0.3) is 0 Å². The molecule has 0 unspecified atom stereocenters. The maximum absolute atomic E-state index is 12.2. The van der Waals surface area contributed by atoms with Crippen LogP contribution in [-0.2, 0) is 4.79 Å². The zero-order valence-electron chi connectivity index (χ0n) is 11.6. The van der Waals surface area contributed by atoms with Gasteiger partial charge in [-0.15, -0.1) is 11.3 Å². The number of amides is 1. The van der Waals surface area contributed by atoms with Gasteiger partial charge in [0.2, 0.25) is 5.91 Å². The fraction of sp³-hybridized carbons (Fsp3) is 0.214. The van der Waals surface area contributed by atoms with Gasteiger partial charge in [0.1, 0.15) is 5.01 Å². The molecule has 2 aromatic rings. The number of thiazole rings is 1. The lowest BCUT2D eigenvalue weighted by molar-refractivity contribution is -0.254. The highest BCUT2D eigenvalue weighted by Gasteiger charge is 2.21. The highest BCUT2D eigenvalue weighted by Crippen LogP contribution is 2.27. The first-order valence-electron chi connectivity index (χ1n) is 6.23. The first-order chi connectivity index (χ1) is 10.3. The van der Waals surface area contributed by atoms with Crippen molar-refractivity contribution in [2.75, 3.05) is 5.32 Å². The number of aryl methyl sites for hydroxylation is 1. The Morgan fingerprint density at radius 1 is 1.27 bits per heavy atom. The Labute approximate surface area is 140 Å². The van der Waals surface area contributed by atoms with Crippen molar-refractivity contribution in [2.24, 2.45) is 0 Å². The highest BCUT2D eigenvalue weighted by atomic mass is 35.5. The Bertz CT molecular complexity index is 725. The second kappa shape index (κ2) is 6.64. The van der Waals surface area contributed by atoms with Crippen LogP contribution < -0.4 is 10.4 Å². The Morgan fingerprint density at radius 3 is 2.36 bits per heavy atom. The fourth-order valence-corrected chi connectivity index (χ4v) is 3.26. The topological polar surface area (TPSA) is 82.1 Å². The number of carbonyl (C=O) groups excluding carboxylic acids is 2. The van der Waals surface area contributed by atoms with Crippen molar-refractivity contribution in [3.63, 3.8) is 0 Å². The summed E-state index contributed by atoms with van der Waals surface area (Å²) in [5.74, 6) is -2.25. The molecule has 1 atom stereocenters. The zero-order valence-corrected chi connectivity index (χ0v) is 14.0. The summed E-state index contributed by atoms with van der Waals surface area (Å²) >= 11 is 12.7. The summed E-state index contributed by atoms with van der Waals surface area (Å²) in [4.78, 5) is 27.3. The van der Waals surface area contributed by atoms with Crippen LogP contribution in [-0.4, -0.2) is 16.9 Å². The van der Waals surface area contributed by atoms with E-state index in [1.807, 2.05) is 0 Å². The van der Waals surface area contributed by atoms with Crippen LogP contribution in [0.2, 0.25) is 10.0 Å². The van der Waals surface area contributed by atoms with E-state index in [-0.39, 0.29) is 10.8 Å². The third-order valence-corrected chi connectivity index (χ3v) is 4.65. The molecule has 1 aromatic carbocycles. The van der Waals surface area contributed by atoms with E-state index in [9.17, 15) is 14.7 Å². The van der Waals surface area contributed by atoms with Gasteiger partial charge in [-0.1, -0.05) is 23.2 Å². The number of carboxylic acid groups (broad SMARTS) is 1. The molecule has 1 amide bonds. The van der Waals surface area contributed by atoms with E-state index in [2.05, 4.69) is 10.3 Å². The van der Waals surface area contributed by atoms with Gasteiger partial charge in [-0.05, 0) is 32.0 Å². The molecule has 2 rings (SSSR count). The van der Waals surface area contributed by atoms with Gasteiger partial charge in [-0.2, -0.15) is 0 Å². The van der Waals surface area contributed by atoms with Gasteiger partial charge < -0.3 is 15.2 Å². The molecule has 8 heteroatoms.